The Kier molecular flexibility index (Phi) is 9.27. The molecular weight excluding hydrogens is 463 g/mol. The van der Waals surface area contributed by atoms with Crippen LogP contribution in [0.2, 0.25) is 0 Å². The van der Waals surface area contributed by atoms with E-state index in [1.165, 1.54) is 31.7 Å². The Morgan fingerprint density at radius 2 is 1.57 bits per heavy atom. The van der Waals surface area contributed by atoms with Gasteiger partial charge in [0, 0.05) is 37.9 Å². The van der Waals surface area contributed by atoms with Crippen LogP contribution in [-0.2, 0) is 11.2 Å². The van der Waals surface area contributed by atoms with Crippen LogP contribution in [0.15, 0.2) is 59.6 Å². The third-order valence-electron chi connectivity index (χ3n) is 4.62. The van der Waals surface area contributed by atoms with Crippen LogP contribution >= 0.6 is 24.0 Å². The van der Waals surface area contributed by atoms with E-state index in [1.807, 2.05) is 42.5 Å². The first-order chi connectivity index (χ1) is 13.2. The fraction of sp³-hybridized carbons (Fsp3) is 0.364. The second kappa shape index (κ2) is 11.7. The van der Waals surface area contributed by atoms with Gasteiger partial charge in [-0.2, -0.15) is 0 Å². The topological polar surface area (TPSA) is 56.7 Å². The molecule has 2 aromatic carbocycles. The summed E-state index contributed by atoms with van der Waals surface area (Å²) in [6.07, 6.45) is 4.62. The number of nitrogens with zero attached hydrogens (tertiary/aromatic N) is 2. The highest BCUT2D eigenvalue weighted by molar-refractivity contribution is 14.0. The largest absolute Gasteiger partial charge is 0.343 e. The minimum absolute atomic E-state index is 0. The Balaban J connectivity index is 0.00000280. The van der Waals surface area contributed by atoms with Gasteiger partial charge in [0.1, 0.15) is 0 Å². The van der Waals surface area contributed by atoms with Crippen molar-refractivity contribution in [1.29, 1.82) is 0 Å². The standard InChI is InChI=1S/C22H28N4O.HI/c1-18(27)24-21-12-10-19(11-13-21)14-15-23-22(26-16-6-3-7-17-26)25-20-8-4-2-5-9-20;/h2,4-5,8-13H,3,6-7,14-17H2,1H3,(H,23,25)(H,24,27);1H. The third-order valence-corrected chi connectivity index (χ3v) is 4.62. The molecule has 0 bridgehead atoms. The second-order valence-electron chi connectivity index (χ2n) is 6.87. The van der Waals surface area contributed by atoms with E-state index in [2.05, 4.69) is 27.7 Å². The fourth-order valence-electron chi connectivity index (χ4n) is 3.22. The molecule has 0 radical (unpaired) electrons. The van der Waals surface area contributed by atoms with Crippen molar-refractivity contribution in [3.05, 3.63) is 60.2 Å². The summed E-state index contributed by atoms with van der Waals surface area (Å²) >= 11 is 0. The van der Waals surface area contributed by atoms with Crippen molar-refractivity contribution in [3.63, 3.8) is 0 Å². The molecule has 3 rings (SSSR count). The molecule has 0 atom stereocenters. The van der Waals surface area contributed by atoms with Gasteiger partial charge in [-0.05, 0) is 55.5 Å². The number of carbonyl (C=O) groups excluding carboxylic acids is 1. The number of benzene rings is 2. The average Bonchev–Trinajstić information content (AvgIpc) is 2.69. The first kappa shape index (κ1) is 22.2. The summed E-state index contributed by atoms with van der Waals surface area (Å²) < 4.78 is 0. The molecule has 1 aliphatic heterocycles. The van der Waals surface area contributed by atoms with Gasteiger partial charge in [0.05, 0.1) is 0 Å². The van der Waals surface area contributed by atoms with Crippen molar-refractivity contribution >= 4 is 47.2 Å². The van der Waals surface area contributed by atoms with E-state index in [9.17, 15) is 4.79 Å². The van der Waals surface area contributed by atoms with Crippen LogP contribution in [0.1, 0.15) is 31.7 Å². The number of hydrogen-bond donors (Lipinski definition) is 2. The van der Waals surface area contributed by atoms with Crippen molar-refractivity contribution < 1.29 is 4.79 Å². The normalized spacial score (nSPS) is 14.2. The highest BCUT2D eigenvalue weighted by Crippen LogP contribution is 2.14. The smallest absolute Gasteiger partial charge is 0.221 e. The van der Waals surface area contributed by atoms with Gasteiger partial charge in [-0.1, -0.05) is 30.3 Å². The van der Waals surface area contributed by atoms with Gasteiger partial charge < -0.3 is 15.5 Å². The highest BCUT2D eigenvalue weighted by atomic mass is 127. The van der Waals surface area contributed by atoms with E-state index >= 15 is 0 Å². The lowest BCUT2D eigenvalue weighted by Gasteiger charge is -2.30. The van der Waals surface area contributed by atoms with Crippen LogP contribution in [0, 0.1) is 0 Å². The molecule has 2 aromatic rings. The van der Waals surface area contributed by atoms with E-state index in [0.29, 0.717) is 0 Å². The van der Waals surface area contributed by atoms with Gasteiger partial charge in [-0.25, -0.2) is 0 Å². The molecule has 2 N–H and O–H groups in total. The van der Waals surface area contributed by atoms with Crippen LogP contribution in [0.25, 0.3) is 0 Å². The van der Waals surface area contributed by atoms with Gasteiger partial charge in [0.2, 0.25) is 5.91 Å². The first-order valence-corrected chi connectivity index (χ1v) is 9.69. The van der Waals surface area contributed by atoms with E-state index < -0.39 is 0 Å². The number of piperidine rings is 1. The van der Waals surface area contributed by atoms with Gasteiger partial charge in [0.25, 0.3) is 0 Å². The second-order valence-corrected chi connectivity index (χ2v) is 6.87. The molecule has 0 unspecified atom stereocenters. The average molecular weight is 492 g/mol. The molecule has 0 saturated carbocycles. The van der Waals surface area contributed by atoms with Crippen molar-refractivity contribution in [2.75, 3.05) is 30.3 Å². The lowest BCUT2D eigenvalue weighted by molar-refractivity contribution is -0.114. The van der Waals surface area contributed by atoms with Gasteiger partial charge in [-0.15, -0.1) is 24.0 Å². The number of amides is 1. The molecule has 6 heteroatoms. The summed E-state index contributed by atoms with van der Waals surface area (Å²) in [6, 6.07) is 18.2. The summed E-state index contributed by atoms with van der Waals surface area (Å²) in [5, 5.41) is 6.29. The Hall–Kier alpha value is -2.09. The zero-order valence-corrected chi connectivity index (χ0v) is 18.7. The Labute approximate surface area is 184 Å². The lowest BCUT2D eigenvalue weighted by atomic mass is 10.1. The van der Waals surface area contributed by atoms with Crippen molar-refractivity contribution in [2.24, 2.45) is 4.99 Å². The predicted molar refractivity (Wildman–Crippen MR) is 128 cm³/mol. The maximum absolute atomic E-state index is 11.1. The van der Waals surface area contributed by atoms with Gasteiger partial charge >= 0.3 is 0 Å². The number of rotatable bonds is 5. The van der Waals surface area contributed by atoms with Gasteiger partial charge in [-0.3, -0.25) is 9.79 Å². The van der Waals surface area contributed by atoms with E-state index in [1.54, 1.807) is 0 Å². The fourth-order valence-corrected chi connectivity index (χ4v) is 3.22. The number of nitrogens with one attached hydrogen (secondary N) is 2. The number of anilines is 2. The number of hydrogen-bond acceptors (Lipinski definition) is 2. The number of likely N-dealkylation sites (tertiary alicyclic amines) is 1. The molecule has 5 nitrogen and oxygen atoms in total. The van der Waals surface area contributed by atoms with Crippen molar-refractivity contribution in [1.82, 2.24) is 4.90 Å². The number of para-hydroxylation sites is 1. The van der Waals surface area contributed by atoms with Crippen molar-refractivity contribution in [3.8, 4) is 0 Å². The summed E-state index contributed by atoms with van der Waals surface area (Å²) in [5.74, 6) is 0.918. The zero-order chi connectivity index (χ0) is 18.9. The maximum Gasteiger partial charge on any atom is 0.221 e. The number of halogens is 1. The Bertz CT molecular complexity index is 756. The minimum Gasteiger partial charge on any atom is -0.343 e. The zero-order valence-electron chi connectivity index (χ0n) is 16.4. The SMILES string of the molecule is CC(=O)Nc1ccc(CCN=C(Nc2ccccc2)N2CCCCC2)cc1.I. The summed E-state index contributed by atoms with van der Waals surface area (Å²) in [7, 11) is 0. The molecule has 1 amide bonds. The van der Waals surface area contributed by atoms with E-state index in [-0.39, 0.29) is 29.9 Å². The van der Waals surface area contributed by atoms with Crippen LogP contribution in [-0.4, -0.2) is 36.4 Å². The van der Waals surface area contributed by atoms with Gasteiger partial charge in [0.15, 0.2) is 5.96 Å². The summed E-state index contributed by atoms with van der Waals surface area (Å²) in [4.78, 5) is 18.3. The molecule has 0 aliphatic carbocycles. The molecule has 0 spiro atoms. The van der Waals surface area contributed by atoms with Crippen molar-refractivity contribution in [2.45, 2.75) is 32.6 Å². The molecule has 1 saturated heterocycles. The molecule has 1 aliphatic rings. The molecule has 28 heavy (non-hydrogen) atoms. The van der Waals surface area contributed by atoms with Crippen LogP contribution in [0.5, 0.6) is 0 Å². The first-order valence-electron chi connectivity index (χ1n) is 9.69. The van der Waals surface area contributed by atoms with E-state index in [4.69, 9.17) is 4.99 Å². The molecule has 0 aromatic heterocycles. The Morgan fingerprint density at radius 3 is 2.21 bits per heavy atom. The number of carbonyl (C=O) groups is 1. The maximum atomic E-state index is 11.1. The summed E-state index contributed by atoms with van der Waals surface area (Å²) in [5.41, 5.74) is 3.11. The molecule has 1 heterocycles. The highest BCUT2D eigenvalue weighted by Gasteiger charge is 2.14. The third kappa shape index (κ3) is 7.14. The molecule has 150 valence electrons. The lowest BCUT2D eigenvalue weighted by Crippen LogP contribution is -2.40. The number of aliphatic imine (C=N–C) groups is 1. The van der Waals surface area contributed by atoms with Crippen LogP contribution in [0.4, 0.5) is 11.4 Å². The number of guanidine groups is 1. The van der Waals surface area contributed by atoms with E-state index in [0.717, 1.165) is 43.4 Å². The summed E-state index contributed by atoms with van der Waals surface area (Å²) in [6.45, 7) is 4.36. The quantitative estimate of drug-likeness (QED) is 0.360. The molecular formula is C22H29IN4O. The van der Waals surface area contributed by atoms with Crippen LogP contribution in [0.3, 0.4) is 0 Å². The minimum atomic E-state index is -0.0505. The predicted octanol–water partition coefficient (Wildman–Crippen LogP) is 4.76. The monoisotopic (exact) mass is 492 g/mol. The van der Waals surface area contributed by atoms with Crippen LogP contribution < -0.4 is 10.6 Å². The molecule has 1 fully saturated rings. The Morgan fingerprint density at radius 1 is 0.929 bits per heavy atom.